The minimum atomic E-state index is -0.340. The SMILES string of the molecule is CCCNC(=O)C(C)N(C)CC(=O)OC. The highest BCUT2D eigenvalue weighted by Crippen LogP contribution is 1.96. The van der Waals surface area contributed by atoms with E-state index >= 15 is 0 Å². The standard InChI is InChI=1S/C10H20N2O3/c1-5-6-11-10(14)8(2)12(3)7-9(13)15-4/h8H,5-7H2,1-4H3,(H,11,14). The number of ether oxygens (including phenoxy) is 1. The molecule has 0 saturated carbocycles. The number of rotatable bonds is 6. The van der Waals surface area contributed by atoms with Crippen molar-refractivity contribution < 1.29 is 14.3 Å². The van der Waals surface area contributed by atoms with Gasteiger partial charge in [-0.15, -0.1) is 0 Å². The van der Waals surface area contributed by atoms with Crippen molar-refractivity contribution in [3.8, 4) is 0 Å². The highest BCUT2D eigenvalue weighted by atomic mass is 16.5. The van der Waals surface area contributed by atoms with Gasteiger partial charge in [0, 0.05) is 6.54 Å². The van der Waals surface area contributed by atoms with Gasteiger partial charge >= 0.3 is 5.97 Å². The Morgan fingerprint density at radius 2 is 2.07 bits per heavy atom. The summed E-state index contributed by atoms with van der Waals surface area (Å²) in [5, 5.41) is 2.77. The van der Waals surface area contributed by atoms with Crippen molar-refractivity contribution in [1.29, 1.82) is 0 Å². The Labute approximate surface area is 90.8 Å². The number of methoxy groups -OCH3 is 1. The summed E-state index contributed by atoms with van der Waals surface area (Å²) in [6.45, 7) is 4.53. The molecule has 1 unspecified atom stereocenters. The molecule has 0 saturated heterocycles. The number of esters is 1. The van der Waals surface area contributed by atoms with E-state index in [1.165, 1.54) is 7.11 Å². The van der Waals surface area contributed by atoms with Crippen LogP contribution in [0.5, 0.6) is 0 Å². The van der Waals surface area contributed by atoms with Gasteiger partial charge in [0.15, 0.2) is 0 Å². The predicted octanol–water partition coefficient (Wildman–Crippen LogP) is 0.00590. The van der Waals surface area contributed by atoms with Gasteiger partial charge in [-0.2, -0.15) is 0 Å². The molecule has 0 spiro atoms. The van der Waals surface area contributed by atoms with Crippen molar-refractivity contribution in [2.45, 2.75) is 26.3 Å². The summed E-state index contributed by atoms with van der Waals surface area (Å²) in [5.74, 6) is -0.407. The number of hydrogen-bond acceptors (Lipinski definition) is 4. The number of amides is 1. The van der Waals surface area contributed by atoms with E-state index in [2.05, 4.69) is 10.1 Å². The first-order chi connectivity index (χ1) is 7.02. The topological polar surface area (TPSA) is 58.6 Å². The van der Waals surface area contributed by atoms with Gasteiger partial charge in [-0.05, 0) is 20.4 Å². The Kier molecular flexibility index (Phi) is 6.70. The summed E-state index contributed by atoms with van der Waals surface area (Å²) in [6.07, 6.45) is 0.902. The average molecular weight is 216 g/mol. The molecule has 0 rings (SSSR count). The van der Waals surface area contributed by atoms with Crippen LogP contribution in [0.15, 0.2) is 0 Å². The molecule has 88 valence electrons. The zero-order valence-corrected chi connectivity index (χ0v) is 9.87. The van der Waals surface area contributed by atoms with Crippen LogP contribution in [0, 0.1) is 0 Å². The minimum absolute atomic E-state index is 0.0664. The first kappa shape index (κ1) is 13.9. The second-order valence-corrected chi connectivity index (χ2v) is 3.46. The molecule has 0 aliphatic heterocycles. The first-order valence-electron chi connectivity index (χ1n) is 5.07. The normalized spacial score (nSPS) is 12.3. The van der Waals surface area contributed by atoms with Gasteiger partial charge in [0.05, 0.1) is 19.7 Å². The molecule has 0 bridgehead atoms. The van der Waals surface area contributed by atoms with Crippen LogP contribution in [0.3, 0.4) is 0 Å². The molecule has 0 aliphatic carbocycles. The van der Waals surface area contributed by atoms with Gasteiger partial charge < -0.3 is 10.1 Å². The van der Waals surface area contributed by atoms with Crippen LogP contribution in [0.25, 0.3) is 0 Å². The molecule has 0 aliphatic rings. The van der Waals surface area contributed by atoms with Gasteiger partial charge in [-0.25, -0.2) is 0 Å². The van der Waals surface area contributed by atoms with Crippen molar-refractivity contribution in [1.82, 2.24) is 10.2 Å². The van der Waals surface area contributed by atoms with Gasteiger partial charge in [0.2, 0.25) is 5.91 Å². The fourth-order valence-corrected chi connectivity index (χ4v) is 1.00. The quantitative estimate of drug-likeness (QED) is 0.635. The molecule has 0 aromatic rings. The van der Waals surface area contributed by atoms with Crippen LogP contribution in [-0.2, 0) is 14.3 Å². The summed E-state index contributed by atoms with van der Waals surface area (Å²) in [4.78, 5) is 24.1. The molecular weight excluding hydrogens is 196 g/mol. The third-order valence-corrected chi connectivity index (χ3v) is 2.20. The Hall–Kier alpha value is -1.10. The highest BCUT2D eigenvalue weighted by Gasteiger charge is 2.19. The molecule has 0 aromatic carbocycles. The number of nitrogens with one attached hydrogen (secondary N) is 1. The maximum atomic E-state index is 11.5. The summed E-state index contributed by atoms with van der Waals surface area (Å²) >= 11 is 0. The fraction of sp³-hybridized carbons (Fsp3) is 0.800. The van der Waals surface area contributed by atoms with Crippen LogP contribution in [-0.4, -0.2) is 50.1 Å². The van der Waals surface area contributed by atoms with Crippen molar-refractivity contribution in [3.63, 3.8) is 0 Å². The summed E-state index contributed by atoms with van der Waals surface area (Å²) < 4.78 is 4.52. The van der Waals surface area contributed by atoms with E-state index in [0.29, 0.717) is 6.54 Å². The van der Waals surface area contributed by atoms with Gasteiger partial charge in [-0.3, -0.25) is 14.5 Å². The molecule has 0 heterocycles. The van der Waals surface area contributed by atoms with Crippen molar-refractivity contribution in [2.75, 3.05) is 27.2 Å². The molecule has 15 heavy (non-hydrogen) atoms. The number of hydrogen-bond donors (Lipinski definition) is 1. The van der Waals surface area contributed by atoms with Crippen LogP contribution >= 0.6 is 0 Å². The zero-order chi connectivity index (χ0) is 11.8. The van der Waals surface area contributed by atoms with E-state index < -0.39 is 0 Å². The lowest BCUT2D eigenvalue weighted by Crippen LogP contribution is -2.45. The van der Waals surface area contributed by atoms with Crippen molar-refractivity contribution >= 4 is 11.9 Å². The molecule has 0 aromatic heterocycles. The minimum Gasteiger partial charge on any atom is -0.468 e. The molecular formula is C10H20N2O3. The number of carbonyl (C=O) groups is 2. The lowest BCUT2D eigenvalue weighted by molar-refractivity contribution is -0.142. The second-order valence-electron chi connectivity index (χ2n) is 3.46. The molecule has 5 nitrogen and oxygen atoms in total. The third-order valence-electron chi connectivity index (χ3n) is 2.20. The van der Waals surface area contributed by atoms with Crippen molar-refractivity contribution in [2.24, 2.45) is 0 Å². The maximum absolute atomic E-state index is 11.5. The van der Waals surface area contributed by atoms with E-state index in [0.717, 1.165) is 6.42 Å². The summed E-state index contributed by atoms with van der Waals surface area (Å²) in [7, 11) is 3.05. The number of carbonyl (C=O) groups excluding carboxylic acids is 2. The molecule has 0 fully saturated rings. The predicted molar refractivity (Wildman–Crippen MR) is 57.4 cm³/mol. The smallest absolute Gasteiger partial charge is 0.319 e. The average Bonchev–Trinajstić information content (AvgIpc) is 2.24. The van der Waals surface area contributed by atoms with Gasteiger partial charge in [0.25, 0.3) is 0 Å². The van der Waals surface area contributed by atoms with Gasteiger partial charge in [0.1, 0.15) is 0 Å². The van der Waals surface area contributed by atoms with E-state index in [4.69, 9.17) is 0 Å². The van der Waals surface area contributed by atoms with Crippen LogP contribution in [0.4, 0.5) is 0 Å². The molecule has 5 heteroatoms. The van der Waals surface area contributed by atoms with E-state index in [9.17, 15) is 9.59 Å². The third kappa shape index (κ3) is 5.37. The Balaban J connectivity index is 4.01. The zero-order valence-electron chi connectivity index (χ0n) is 9.87. The van der Waals surface area contributed by atoms with Crippen LogP contribution < -0.4 is 5.32 Å². The summed E-state index contributed by atoms with van der Waals surface area (Å²) in [5.41, 5.74) is 0. The molecule has 1 atom stereocenters. The first-order valence-corrected chi connectivity index (χ1v) is 5.07. The van der Waals surface area contributed by atoms with Gasteiger partial charge in [-0.1, -0.05) is 6.92 Å². The second kappa shape index (κ2) is 7.23. The fourth-order valence-electron chi connectivity index (χ4n) is 1.00. The lowest BCUT2D eigenvalue weighted by atomic mass is 10.2. The summed E-state index contributed by atoms with van der Waals surface area (Å²) in [6, 6.07) is -0.323. The number of likely N-dealkylation sites (N-methyl/N-ethyl adjacent to an activating group) is 1. The molecule has 0 radical (unpaired) electrons. The molecule has 1 amide bonds. The maximum Gasteiger partial charge on any atom is 0.319 e. The highest BCUT2D eigenvalue weighted by molar-refractivity contribution is 5.82. The Morgan fingerprint density at radius 3 is 2.53 bits per heavy atom. The monoisotopic (exact) mass is 216 g/mol. The molecule has 1 N–H and O–H groups in total. The number of nitrogens with zero attached hydrogens (tertiary/aromatic N) is 1. The van der Waals surface area contributed by atoms with Crippen LogP contribution in [0.2, 0.25) is 0 Å². The van der Waals surface area contributed by atoms with E-state index in [1.54, 1.807) is 18.9 Å². The van der Waals surface area contributed by atoms with Crippen molar-refractivity contribution in [3.05, 3.63) is 0 Å². The Bertz CT molecular complexity index is 219. The lowest BCUT2D eigenvalue weighted by Gasteiger charge is -2.22. The Morgan fingerprint density at radius 1 is 1.47 bits per heavy atom. The van der Waals surface area contributed by atoms with E-state index in [1.807, 2.05) is 6.92 Å². The largest absolute Gasteiger partial charge is 0.468 e. The van der Waals surface area contributed by atoms with E-state index in [-0.39, 0.29) is 24.5 Å². The van der Waals surface area contributed by atoms with Crippen LogP contribution in [0.1, 0.15) is 20.3 Å².